The topological polar surface area (TPSA) is 84.9 Å². The summed E-state index contributed by atoms with van der Waals surface area (Å²) in [5, 5.41) is 2.73. The van der Waals surface area contributed by atoms with Crippen molar-refractivity contribution in [1.82, 2.24) is 4.90 Å². The second-order valence-corrected chi connectivity index (χ2v) is 8.17. The summed E-state index contributed by atoms with van der Waals surface area (Å²) in [6.45, 7) is 4.96. The van der Waals surface area contributed by atoms with Gasteiger partial charge in [-0.25, -0.2) is 0 Å². The molecule has 2 aliphatic rings. The van der Waals surface area contributed by atoms with Crippen LogP contribution >= 0.6 is 0 Å². The summed E-state index contributed by atoms with van der Waals surface area (Å²) in [5.41, 5.74) is 1.70. The molecule has 0 unspecified atom stereocenters. The average molecular weight is 422 g/mol. The van der Waals surface area contributed by atoms with E-state index in [0.717, 1.165) is 5.75 Å². The zero-order valence-electron chi connectivity index (χ0n) is 17.7. The van der Waals surface area contributed by atoms with Crippen LogP contribution in [-0.2, 0) is 4.79 Å². The second kappa shape index (κ2) is 8.79. The number of fused-ring (bicyclic) bond motifs is 1. The van der Waals surface area contributed by atoms with Crippen molar-refractivity contribution < 1.29 is 23.9 Å². The van der Waals surface area contributed by atoms with Crippen molar-refractivity contribution in [2.75, 3.05) is 25.0 Å². The highest BCUT2D eigenvalue weighted by Crippen LogP contribution is 2.31. The van der Waals surface area contributed by atoms with Crippen LogP contribution in [0.3, 0.4) is 0 Å². The van der Waals surface area contributed by atoms with Gasteiger partial charge in [-0.15, -0.1) is 0 Å². The number of carbonyl (C=O) groups is 3. The fourth-order valence-corrected chi connectivity index (χ4v) is 3.95. The number of likely N-dealkylation sites (tertiary alicyclic amines) is 1. The molecule has 2 amide bonds. The van der Waals surface area contributed by atoms with Gasteiger partial charge in [0.1, 0.15) is 11.5 Å². The summed E-state index contributed by atoms with van der Waals surface area (Å²) >= 11 is 0. The summed E-state index contributed by atoms with van der Waals surface area (Å²) in [7, 11) is 0. The molecule has 1 fully saturated rings. The van der Waals surface area contributed by atoms with Gasteiger partial charge in [0, 0.05) is 30.1 Å². The highest BCUT2D eigenvalue weighted by atomic mass is 16.5. The van der Waals surface area contributed by atoms with Gasteiger partial charge >= 0.3 is 0 Å². The third-order valence-corrected chi connectivity index (χ3v) is 5.52. The van der Waals surface area contributed by atoms with Crippen LogP contribution in [0.5, 0.6) is 11.5 Å². The first-order valence-corrected chi connectivity index (χ1v) is 10.6. The number of anilines is 1. The molecular formula is C24H26N2O5. The van der Waals surface area contributed by atoms with E-state index in [1.165, 1.54) is 0 Å². The van der Waals surface area contributed by atoms with Crippen molar-refractivity contribution in [3.8, 4) is 11.5 Å². The fraction of sp³-hybridized carbons (Fsp3) is 0.375. The van der Waals surface area contributed by atoms with Gasteiger partial charge in [-0.2, -0.15) is 0 Å². The molecule has 1 saturated heterocycles. The van der Waals surface area contributed by atoms with E-state index in [-0.39, 0.29) is 36.2 Å². The summed E-state index contributed by atoms with van der Waals surface area (Å²) in [6, 6.07) is 12.3. The largest absolute Gasteiger partial charge is 0.491 e. The number of rotatable bonds is 5. The lowest BCUT2D eigenvalue weighted by atomic mass is 9.88. The third-order valence-electron chi connectivity index (χ3n) is 5.52. The van der Waals surface area contributed by atoms with Gasteiger partial charge in [0.15, 0.2) is 12.4 Å². The monoisotopic (exact) mass is 422 g/mol. The van der Waals surface area contributed by atoms with E-state index >= 15 is 0 Å². The Morgan fingerprint density at radius 1 is 1.06 bits per heavy atom. The standard InChI is InChI=1S/C24H26N2O5/c1-15(2)31-19-6-3-17(4-7-19)24(29)26-11-9-16(10-12-26)23(28)18-5-8-21-20(13-18)25-22(27)14-30-21/h3-8,13,15-16H,9-12,14H2,1-2H3,(H,25,27). The Bertz CT molecular complexity index is 992. The minimum atomic E-state index is -0.229. The number of hydrogen-bond donors (Lipinski definition) is 1. The molecule has 4 rings (SSSR count). The van der Waals surface area contributed by atoms with Gasteiger partial charge in [0.05, 0.1) is 11.8 Å². The van der Waals surface area contributed by atoms with Crippen molar-refractivity contribution in [3.05, 3.63) is 53.6 Å². The third kappa shape index (κ3) is 4.71. The number of nitrogens with one attached hydrogen (secondary N) is 1. The van der Waals surface area contributed by atoms with Crippen LogP contribution in [0.2, 0.25) is 0 Å². The van der Waals surface area contributed by atoms with Crippen LogP contribution in [0.1, 0.15) is 47.4 Å². The molecule has 2 aromatic carbocycles. The molecule has 7 nitrogen and oxygen atoms in total. The zero-order valence-corrected chi connectivity index (χ0v) is 17.7. The fourth-order valence-electron chi connectivity index (χ4n) is 3.95. The van der Waals surface area contributed by atoms with E-state index in [9.17, 15) is 14.4 Å². The highest BCUT2D eigenvalue weighted by Gasteiger charge is 2.29. The number of amides is 2. The van der Waals surface area contributed by atoms with Crippen LogP contribution in [0.4, 0.5) is 5.69 Å². The second-order valence-electron chi connectivity index (χ2n) is 8.17. The molecule has 2 aromatic rings. The first-order valence-electron chi connectivity index (χ1n) is 10.6. The van der Waals surface area contributed by atoms with Crippen LogP contribution in [-0.4, -0.2) is 48.3 Å². The minimum absolute atomic E-state index is 0.0136. The number of hydrogen-bond acceptors (Lipinski definition) is 5. The van der Waals surface area contributed by atoms with Crippen LogP contribution in [0.15, 0.2) is 42.5 Å². The molecule has 162 valence electrons. The van der Waals surface area contributed by atoms with E-state index < -0.39 is 0 Å². The number of piperidine rings is 1. The van der Waals surface area contributed by atoms with Gasteiger partial charge in [0.25, 0.3) is 11.8 Å². The van der Waals surface area contributed by atoms with Gasteiger partial charge in [-0.05, 0) is 69.2 Å². The summed E-state index contributed by atoms with van der Waals surface area (Å²) in [4.78, 5) is 39.1. The van der Waals surface area contributed by atoms with Gasteiger partial charge in [-0.1, -0.05) is 0 Å². The minimum Gasteiger partial charge on any atom is -0.491 e. The number of ketones is 1. The molecule has 0 spiro atoms. The molecule has 0 aliphatic carbocycles. The molecule has 0 aromatic heterocycles. The summed E-state index contributed by atoms with van der Waals surface area (Å²) < 4.78 is 11.0. The van der Waals surface area contributed by atoms with Crippen molar-refractivity contribution in [2.24, 2.45) is 5.92 Å². The van der Waals surface area contributed by atoms with Crippen molar-refractivity contribution in [2.45, 2.75) is 32.8 Å². The molecule has 0 radical (unpaired) electrons. The Labute approximate surface area is 181 Å². The quantitative estimate of drug-likeness (QED) is 0.745. The smallest absolute Gasteiger partial charge is 0.262 e. The number of nitrogens with zero attached hydrogens (tertiary/aromatic N) is 1. The predicted molar refractivity (Wildman–Crippen MR) is 116 cm³/mol. The first kappa shape index (κ1) is 20.9. The van der Waals surface area contributed by atoms with E-state index in [4.69, 9.17) is 9.47 Å². The number of Topliss-reactive ketones (excluding diaryl/α,β-unsaturated/α-hetero) is 1. The Kier molecular flexibility index (Phi) is 5.93. The Morgan fingerprint density at radius 2 is 1.74 bits per heavy atom. The lowest BCUT2D eigenvalue weighted by Gasteiger charge is -2.31. The maximum absolute atomic E-state index is 13.0. The summed E-state index contributed by atoms with van der Waals surface area (Å²) in [6.07, 6.45) is 1.30. The van der Waals surface area contributed by atoms with E-state index in [1.54, 1.807) is 35.2 Å². The SMILES string of the molecule is CC(C)Oc1ccc(C(=O)N2CCC(C(=O)c3ccc4c(c3)NC(=O)CO4)CC2)cc1. The maximum Gasteiger partial charge on any atom is 0.262 e. The Balaban J connectivity index is 1.36. The lowest BCUT2D eigenvalue weighted by molar-refractivity contribution is -0.118. The lowest BCUT2D eigenvalue weighted by Crippen LogP contribution is -2.40. The van der Waals surface area contributed by atoms with E-state index in [1.807, 2.05) is 26.0 Å². The highest BCUT2D eigenvalue weighted by molar-refractivity contribution is 6.02. The maximum atomic E-state index is 13.0. The number of carbonyl (C=O) groups excluding carboxylic acids is 3. The normalized spacial score (nSPS) is 16.4. The number of ether oxygens (including phenoxy) is 2. The molecule has 1 N–H and O–H groups in total. The first-order chi connectivity index (χ1) is 14.9. The van der Waals surface area contributed by atoms with Crippen molar-refractivity contribution in [3.63, 3.8) is 0 Å². The molecule has 0 bridgehead atoms. The Morgan fingerprint density at radius 3 is 2.42 bits per heavy atom. The van der Waals surface area contributed by atoms with Crippen LogP contribution in [0, 0.1) is 5.92 Å². The number of benzene rings is 2. The Hall–Kier alpha value is -3.35. The molecule has 0 atom stereocenters. The molecular weight excluding hydrogens is 396 g/mol. The molecule has 2 heterocycles. The molecule has 2 aliphatic heterocycles. The van der Waals surface area contributed by atoms with Gasteiger partial charge < -0.3 is 19.7 Å². The van der Waals surface area contributed by atoms with Crippen molar-refractivity contribution >= 4 is 23.3 Å². The van der Waals surface area contributed by atoms with Gasteiger partial charge in [-0.3, -0.25) is 14.4 Å². The molecule has 7 heteroatoms. The predicted octanol–water partition coefficient (Wildman–Crippen LogP) is 3.54. The van der Waals surface area contributed by atoms with Crippen LogP contribution in [0.25, 0.3) is 0 Å². The van der Waals surface area contributed by atoms with E-state index in [2.05, 4.69) is 5.32 Å². The average Bonchev–Trinajstić information content (AvgIpc) is 2.78. The van der Waals surface area contributed by atoms with Gasteiger partial charge in [0.2, 0.25) is 0 Å². The van der Waals surface area contributed by atoms with Crippen molar-refractivity contribution in [1.29, 1.82) is 0 Å². The summed E-state index contributed by atoms with van der Waals surface area (Å²) in [5.74, 6) is 0.932. The molecule has 31 heavy (non-hydrogen) atoms. The van der Waals surface area contributed by atoms with Crippen LogP contribution < -0.4 is 14.8 Å². The molecule has 0 saturated carbocycles. The zero-order chi connectivity index (χ0) is 22.0. The van der Waals surface area contributed by atoms with E-state index in [0.29, 0.717) is 48.5 Å².